The lowest BCUT2D eigenvalue weighted by Gasteiger charge is -2.52. The normalized spacial score (nSPS) is 32.0. The highest BCUT2D eigenvalue weighted by atomic mass is 19.3. The fraction of sp³-hybridized carbons (Fsp3) is 0.846. The van der Waals surface area contributed by atoms with E-state index in [9.17, 15) is 23.5 Å². The highest BCUT2D eigenvalue weighted by Gasteiger charge is 2.61. The van der Waals surface area contributed by atoms with Crippen molar-refractivity contribution in [3.05, 3.63) is 0 Å². The first-order valence-corrected chi connectivity index (χ1v) is 6.65. The maximum absolute atomic E-state index is 13.8. The number of rotatable bonds is 1. The van der Waals surface area contributed by atoms with E-state index in [1.165, 1.54) is 0 Å². The Bertz CT molecular complexity index is 433. The molecule has 0 radical (unpaired) electrons. The van der Waals surface area contributed by atoms with Crippen LogP contribution < -0.4 is 0 Å². The fourth-order valence-electron chi connectivity index (χ4n) is 3.07. The molecule has 3 fully saturated rings. The molecular formula is C13H19F2NO4. The smallest absolute Gasteiger partial charge is 0.411 e. The highest BCUT2D eigenvalue weighted by molar-refractivity contribution is 5.81. The number of hydrogen-bond donors (Lipinski definition) is 1. The third kappa shape index (κ3) is 2.58. The lowest BCUT2D eigenvalue weighted by Crippen LogP contribution is -2.67. The molecule has 1 N–H and O–H groups in total. The summed E-state index contributed by atoms with van der Waals surface area (Å²) in [6.45, 7) is 4.95. The van der Waals surface area contributed by atoms with E-state index in [0.717, 1.165) is 4.90 Å². The van der Waals surface area contributed by atoms with E-state index in [-0.39, 0.29) is 6.42 Å². The Morgan fingerprint density at radius 1 is 1.30 bits per heavy atom. The predicted molar refractivity (Wildman–Crippen MR) is 65.6 cm³/mol. The maximum Gasteiger partial charge on any atom is 0.411 e. The van der Waals surface area contributed by atoms with Gasteiger partial charge in [-0.2, -0.15) is 0 Å². The molecular weight excluding hydrogens is 272 g/mol. The van der Waals surface area contributed by atoms with Crippen molar-refractivity contribution in [1.29, 1.82) is 0 Å². The SMILES string of the molecule is CC(C)(C)OC(=O)N1C2CCC([C@H]1C(=O)O)C(F)(F)C2. The van der Waals surface area contributed by atoms with E-state index >= 15 is 0 Å². The Balaban J connectivity index is 2.28. The van der Waals surface area contributed by atoms with Crippen LogP contribution in [0.25, 0.3) is 0 Å². The monoisotopic (exact) mass is 291 g/mol. The molecule has 7 heteroatoms. The third-order valence-corrected chi connectivity index (χ3v) is 3.79. The zero-order valence-electron chi connectivity index (χ0n) is 11.7. The lowest BCUT2D eigenvalue weighted by molar-refractivity contribution is -0.192. The van der Waals surface area contributed by atoms with E-state index < -0.39 is 48.0 Å². The summed E-state index contributed by atoms with van der Waals surface area (Å²) in [5, 5.41) is 9.23. The number of halogens is 2. The van der Waals surface area contributed by atoms with Crippen LogP contribution in [0.2, 0.25) is 0 Å². The summed E-state index contributed by atoms with van der Waals surface area (Å²) < 4.78 is 32.8. The van der Waals surface area contributed by atoms with Gasteiger partial charge in [-0.25, -0.2) is 18.4 Å². The average Bonchev–Trinajstić information content (AvgIpc) is 2.24. The largest absolute Gasteiger partial charge is 0.480 e. The van der Waals surface area contributed by atoms with E-state index in [1.807, 2.05) is 0 Å². The molecule has 2 unspecified atom stereocenters. The van der Waals surface area contributed by atoms with Crippen LogP contribution in [0.3, 0.4) is 0 Å². The van der Waals surface area contributed by atoms with Crippen molar-refractivity contribution in [2.75, 3.05) is 0 Å². The first-order valence-electron chi connectivity index (χ1n) is 6.65. The van der Waals surface area contributed by atoms with Gasteiger partial charge in [-0.1, -0.05) is 0 Å². The number of carbonyl (C=O) groups excluding carboxylic acids is 1. The quantitative estimate of drug-likeness (QED) is 0.806. The van der Waals surface area contributed by atoms with Crippen molar-refractivity contribution >= 4 is 12.1 Å². The number of fused-ring (bicyclic) bond motifs is 3. The summed E-state index contributed by atoms with van der Waals surface area (Å²) >= 11 is 0. The summed E-state index contributed by atoms with van der Waals surface area (Å²) in [5.74, 6) is -5.77. The summed E-state index contributed by atoms with van der Waals surface area (Å²) in [5.41, 5.74) is -0.792. The van der Waals surface area contributed by atoms with Gasteiger partial charge in [-0.05, 0) is 33.6 Å². The van der Waals surface area contributed by atoms with Crippen molar-refractivity contribution in [2.24, 2.45) is 5.92 Å². The Kier molecular flexibility index (Phi) is 3.42. The summed E-state index contributed by atoms with van der Waals surface area (Å²) in [4.78, 5) is 24.5. The zero-order chi connectivity index (χ0) is 15.3. The van der Waals surface area contributed by atoms with Crippen LogP contribution in [0.1, 0.15) is 40.0 Å². The van der Waals surface area contributed by atoms with E-state index in [0.29, 0.717) is 6.42 Å². The second-order valence-corrected chi connectivity index (χ2v) is 6.47. The second kappa shape index (κ2) is 4.56. The zero-order valence-corrected chi connectivity index (χ0v) is 11.7. The minimum absolute atomic E-state index is 0.119. The number of nitrogens with zero attached hydrogens (tertiary/aromatic N) is 1. The number of carboxylic acids is 1. The van der Waals surface area contributed by atoms with Crippen molar-refractivity contribution in [3.63, 3.8) is 0 Å². The number of aliphatic carboxylic acids is 1. The third-order valence-electron chi connectivity index (χ3n) is 3.79. The van der Waals surface area contributed by atoms with Gasteiger partial charge in [0.25, 0.3) is 5.92 Å². The predicted octanol–water partition coefficient (Wildman–Crippen LogP) is 2.49. The van der Waals surface area contributed by atoms with Gasteiger partial charge in [0.05, 0.1) is 5.92 Å². The molecule has 2 saturated heterocycles. The molecule has 0 aromatic heterocycles. The molecule has 3 aliphatic rings. The number of piperidine rings is 2. The topological polar surface area (TPSA) is 66.8 Å². The Hall–Kier alpha value is -1.40. The molecule has 1 saturated carbocycles. The Morgan fingerprint density at radius 3 is 2.35 bits per heavy atom. The first kappa shape index (κ1) is 15.0. The number of hydrogen-bond acceptors (Lipinski definition) is 3. The number of amides is 1. The van der Waals surface area contributed by atoms with Gasteiger partial charge in [0.1, 0.15) is 11.6 Å². The first-order chi connectivity index (χ1) is 9.03. The Labute approximate surface area is 115 Å². The van der Waals surface area contributed by atoms with Gasteiger partial charge in [-0.3, -0.25) is 4.90 Å². The van der Waals surface area contributed by atoms with Crippen molar-refractivity contribution in [2.45, 2.75) is 63.6 Å². The van der Waals surface area contributed by atoms with Crippen molar-refractivity contribution < 1.29 is 28.2 Å². The maximum atomic E-state index is 13.8. The summed E-state index contributed by atoms with van der Waals surface area (Å²) in [6.07, 6.45) is -0.798. The van der Waals surface area contributed by atoms with E-state index in [1.54, 1.807) is 20.8 Å². The van der Waals surface area contributed by atoms with Crippen LogP contribution in [0.5, 0.6) is 0 Å². The average molecular weight is 291 g/mol. The molecule has 2 aliphatic heterocycles. The van der Waals surface area contributed by atoms with Crippen molar-refractivity contribution in [3.8, 4) is 0 Å². The number of alkyl halides is 2. The van der Waals surface area contributed by atoms with Crippen LogP contribution in [0.4, 0.5) is 13.6 Å². The van der Waals surface area contributed by atoms with E-state index in [4.69, 9.17) is 4.74 Å². The van der Waals surface area contributed by atoms with Crippen LogP contribution in [-0.2, 0) is 9.53 Å². The number of ether oxygens (including phenoxy) is 1. The van der Waals surface area contributed by atoms with E-state index in [2.05, 4.69) is 0 Å². The second-order valence-electron chi connectivity index (χ2n) is 6.47. The molecule has 3 atom stereocenters. The molecule has 114 valence electrons. The summed E-state index contributed by atoms with van der Waals surface area (Å²) in [7, 11) is 0. The molecule has 2 bridgehead atoms. The molecule has 0 spiro atoms. The minimum Gasteiger partial charge on any atom is -0.480 e. The Morgan fingerprint density at radius 2 is 1.90 bits per heavy atom. The van der Waals surface area contributed by atoms with Gasteiger partial charge in [0, 0.05) is 12.5 Å². The fourth-order valence-corrected chi connectivity index (χ4v) is 3.07. The van der Waals surface area contributed by atoms with Gasteiger partial charge in [0.2, 0.25) is 0 Å². The number of carboxylic acid groups (broad SMARTS) is 1. The van der Waals surface area contributed by atoms with Gasteiger partial charge in [-0.15, -0.1) is 0 Å². The molecule has 20 heavy (non-hydrogen) atoms. The van der Waals surface area contributed by atoms with Crippen LogP contribution in [-0.4, -0.2) is 45.7 Å². The molecule has 1 amide bonds. The summed E-state index contributed by atoms with van der Waals surface area (Å²) in [6, 6.07) is -2.28. The molecule has 2 heterocycles. The van der Waals surface area contributed by atoms with Crippen molar-refractivity contribution in [1.82, 2.24) is 4.90 Å². The van der Waals surface area contributed by atoms with Crippen LogP contribution >= 0.6 is 0 Å². The number of carbonyl (C=O) groups is 2. The minimum atomic E-state index is -3.04. The van der Waals surface area contributed by atoms with Gasteiger partial charge < -0.3 is 9.84 Å². The highest BCUT2D eigenvalue weighted by Crippen LogP contribution is 2.49. The standard InChI is InChI=1S/C13H19F2NO4/c1-12(2,3)20-11(19)16-7-4-5-8(9(16)10(17)18)13(14,15)6-7/h7-9H,4-6H2,1-3H3,(H,17,18)/t7?,8?,9-/m0/s1. The van der Waals surface area contributed by atoms with Gasteiger partial charge in [0.15, 0.2) is 0 Å². The van der Waals surface area contributed by atoms with Crippen LogP contribution in [0, 0.1) is 5.92 Å². The van der Waals surface area contributed by atoms with Gasteiger partial charge >= 0.3 is 12.1 Å². The molecule has 5 nitrogen and oxygen atoms in total. The molecule has 0 aromatic carbocycles. The van der Waals surface area contributed by atoms with Crippen LogP contribution in [0.15, 0.2) is 0 Å². The lowest BCUT2D eigenvalue weighted by atomic mass is 9.72. The molecule has 0 aromatic rings. The molecule has 3 rings (SSSR count). The molecule has 1 aliphatic carbocycles.